The molecule has 1 saturated heterocycles. The molecule has 1 atom stereocenters. The van der Waals surface area contributed by atoms with Gasteiger partial charge in [-0.3, -0.25) is 4.90 Å². The maximum absolute atomic E-state index is 5.80. The van der Waals surface area contributed by atoms with Crippen molar-refractivity contribution in [3.8, 4) is 0 Å². The van der Waals surface area contributed by atoms with Gasteiger partial charge in [0.05, 0.1) is 0 Å². The van der Waals surface area contributed by atoms with Crippen LogP contribution in [0.15, 0.2) is 0 Å². The molecule has 0 aromatic carbocycles. The van der Waals surface area contributed by atoms with Crippen molar-refractivity contribution in [2.75, 3.05) is 18.1 Å². The molecule has 0 amide bonds. The van der Waals surface area contributed by atoms with E-state index in [0.717, 1.165) is 18.6 Å². The first-order valence-corrected chi connectivity index (χ1v) is 7.03. The summed E-state index contributed by atoms with van der Waals surface area (Å²) >= 11 is 2.11. The van der Waals surface area contributed by atoms with Crippen LogP contribution in [0, 0.1) is 0 Å². The zero-order valence-corrected chi connectivity index (χ0v) is 9.93. The lowest BCUT2D eigenvalue weighted by Gasteiger charge is -2.38. The molecule has 2 fully saturated rings. The molecule has 1 saturated carbocycles. The van der Waals surface area contributed by atoms with Gasteiger partial charge in [-0.05, 0) is 44.1 Å². The molecule has 1 aliphatic carbocycles. The smallest absolute Gasteiger partial charge is 0.0196 e. The molecule has 0 bridgehead atoms. The van der Waals surface area contributed by atoms with E-state index in [1.807, 2.05) is 0 Å². The first-order valence-electron chi connectivity index (χ1n) is 5.88. The summed E-state index contributed by atoms with van der Waals surface area (Å²) in [6.07, 6.45) is 5.58. The van der Waals surface area contributed by atoms with Gasteiger partial charge in [-0.25, -0.2) is 0 Å². The van der Waals surface area contributed by atoms with Crippen LogP contribution in [0.5, 0.6) is 0 Å². The number of hydrogen-bond acceptors (Lipinski definition) is 3. The SMILES string of the molecule is CC(CN)N(C1CCSCC1)C1CC1. The van der Waals surface area contributed by atoms with Gasteiger partial charge in [-0.1, -0.05) is 0 Å². The fourth-order valence-electron chi connectivity index (χ4n) is 2.50. The quantitative estimate of drug-likeness (QED) is 0.772. The first-order chi connectivity index (χ1) is 6.83. The Kier molecular flexibility index (Phi) is 3.74. The molecule has 0 radical (unpaired) electrons. The highest BCUT2D eigenvalue weighted by molar-refractivity contribution is 7.99. The average Bonchev–Trinajstić information content (AvgIpc) is 3.04. The lowest BCUT2D eigenvalue weighted by molar-refractivity contribution is 0.128. The van der Waals surface area contributed by atoms with Crippen molar-refractivity contribution in [3.05, 3.63) is 0 Å². The van der Waals surface area contributed by atoms with E-state index >= 15 is 0 Å². The summed E-state index contributed by atoms with van der Waals surface area (Å²) in [4.78, 5) is 2.72. The van der Waals surface area contributed by atoms with E-state index in [4.69, 9.17) is 5.73 Å². The second-order valence-electron chi connectivity index (χ2n) is 4.61. The predicted molar refractivity (Wildman–Crippen MR) is 63.7 cm³/mol. The highest BCUT2D eigenvalue weighted by Crippen LogP contribution is 2.34. The van der Waals surface area contributed by atoms with Gasteiger partial charge >= 0.3 is 0 Å². The second kappa shape index (κ2) is 4.86. The van der Waals surface area contributed by atoms with Crippen molar-refractivity contribution in [2.45, 2.75) is 50.7 Å². The molecule has 1 heterocycles. The van der Waals surface area contributed by atoms with Crippen molar-refractivity contribution in [1.82, 2.24) is 4.90 Å². The van der Waals surface area contributed by atoms with E-state index in [1.54, 1.807) is 0 Å². The minimum Gasteiger partial charge on any atom is -0.329 e. The summed E-state index contributed by atoms with van der Waals surface area (Å²) in [5.74, 6) is 2.70. The average molecular weight is 214 g/mol. The van der Waals surface area contributed by atoms with Gasteiger partial charge < -0.3 is 5.73 Å². The van der Waals surface area contributed by atoms with Crippen LogP contribution in [0.3, 0.4) is 0 Å². The van der Waals surface area contributed by atoms with Crippen LogP contribution in [-0.2, 0) is 0 Å². The van der Waals surface area contributed by atoms with E-state index in [9.17, 15) is 0 Å². The Morgan fingerprint density at radius 2 is 1.79 bits per heavy atom. The van der Waals surface area contributed by atoms with Crippen molar-refractivity contribution >= 4 is 11.8 Å². The van der Waals surface area contributed by atoms with E-state index in [-0.39, 0.29) is 0 Å². The maximum Gasteiger partial charge on any atom is 0.0196 e. The van der Waals surface area contributed by atoms with Gasteiger partial charge in [0.2, 0.25) is 0 Å². The molecule has 3 heteroatoms. The van der Waals surface area contributed by atoms with Crippen LogP contribution in [0.1, 0.15) is 32.6 Å². The standard InChI is InChI=1S/C11H22N2S/c1-9(8-12)13(10-2-3-10)11-4-6-14-7-5-11/h9-11H,2-8,12H2,1H3. The molecule has 1 unspecified atom stereocenters. The molecule has 14 heavy (non-hydrogen) atoms. The molecule has 1 aliphatic heterocycles. The van der Waals surface area contributed by atoms with Gasteiger partial charge in [0.1, 0.15) is 0 Å². The number of nitrogens with two attached hydrogens (primary N) is 1. The molecule has 0 aromatic rings. The fourth-order valence-corrected chi connectivity index (χ4v) is 3.58. The van der Waals surface area contributed by atoms with Gasteiger partial charge in [0.15, 0.2) is 0 Å². The summed E-state index contributed by atoms with van der Waals surface area (Å²) in [6, 6.07) is 2.31. The summed E-state index contributed by atoms with van der Waals surface area (Å²) in [7, 11) is 0. The number of rotatable bonds is 4. The highest BCUT2D eigenvalue weighted by Gasteiger charge is 2.36. The molecular formula is C11H22N2S. The maximum atomic E-state index is 5.80. The van der Waals surface area contributed by atoms with Gasteiger partial charge in [0, 0.05) is 24.7 Å². The zero-order valence-electron chi connectivity index (χ0n) is 9.11. The van der Waals surface area contributed by atoms with Crippen molar-refractivity contribution in [3.63, 3.8) is 0 Å². The van der Waals surface area contributed by atoms with Crippen LogP contribution in [0.4, 0.5) is 0 Å². The van der Waals surface area contributed by atoms with Gasteiger partial charge in [-0.2, -0.15) is 11.8 Å². The molecule has 0 spiro atoms. The van der Waals surface area contributed by atoms with Crippen LogP contribution < -0.4 is 5.73 Å². The van der Waals surface area contributed by atoms with Crippen molar-refractivity contribution in [1.29, 1.82) is 0 Å². The normalized spacial score (nSPS) is 26.8. The monoisotopic (exact) mass is 214 g/mol. The zero-order chi connectivity index (χ0) is 9.97. The van der Waals surface area contributed by atoms with Gasteiger partial charge in [-0.15, -0.1) is 0 Å². The van der Waals surface area contributed by atoms with E-state index in [0.29, 0.717) is 6.04 Å². The van der Waals surface area contributed by atoms with E-state index in [2.05, 4.69) is 23.6 Å². The van der Waals surface area contributed by atoms with Crippen molar-refractivity contribution in [2.24, 2.45) is 5.73 Å². The highest BCUT2D eigenvalue weighted by atomic mass is 32.2. The summed E-state index contributed by atoms with van der Waals surface area (Å²) in [6.45, 7) is 3.11. The third-order valence-corrected chi connectivity index (χ3v) is 4.48. The van der Waals surface area contributed by atoms with Crippen LogP contribution in [0.25, 0.3) is 0 Å². The summed E-state index contributed by atoms with van der Waals surface area (Å²) in [5.41, 5.74) is 5.80. The summed E-state index contributed by atoms with van der Waals surface area (Å²) < 4.78 is 0. The van der Waals surface area contributed by atoms with Crippen LogP contribution in [0.2, 0.25) is 0 Å². The van der Waals surface area contributed by atoms with E-state index in [1.165, 1.54) is 37.2 Å². The molecule has 2 N–H and O–H groups in total. The Morgan fingerprint density at radius 1 is 1.21 bits per heavy atom. The van der Waals surface area contributed by atoms with Crippen molar-refractivity contribution < 1.29 is 0 Å². The van der Waals surface area contributed by atoms with Crippen LogP contribution in [-0.4, -0.2) is 41.1 Å². The molecular weight excluding hydrogens is 192 g/mol. The Hall–Kier alpha value is 0.270. The number of hydrogen-bond donors (Lipinski definition) is 1. The second-order valence-corrected chi connectivity index (χ2v) is 5.83. The number of nitrogens with zero attached hydrogens (tertiary/aromatic N) is 1. The Bertz CT molecular complexity index is 176. The van der Waals surface area contributed by atoms with Gasteiger partial charge in [0.25, 0.3) is 0 Å². The lowest BCUT2D eigenvalue weighted by Crippen LogP contribution is -2.48. The minimum absolute atomic E-state index is 0.593. The predicted octanol–water partition coefficient (Wildman–Crippen LogP) is 1.69. The Balaban J connectivity index is 1.93. The fraction of sp³-hybridized carbons (Fsp3) is 1.00. The Labute approximate surface area is 91.6 Å². The summed E-state index contributed by atoms with van der Waals surface area (Å²) in [5, 5.41) is 0. The molecule has 82 valence electrons. The first kappa shape index (κ1) is 10.8. The molecule has 2 aliphatic rings. The third kappa shape index (κ3) is 2.44. The number of thioether (sulfide) groups is 1. The minimum atomic E-state index is 0.593. The Morgan fingerprint density at radius 3 is 2.29 bits per heavy atom. The molecule has 0 aromatic heterocycles. The van der Waals surface area contributed by atoms with E-state index < -0.39 is 0 Å². The lowest BCUT2D eigenvalue weighted by atomic mass is 10.1. The largest absolute Gasteiger partial charge is 0.329 e. The molecule has 2 nitrogen and oxygen atoms in total. The third-order valence-electron chi connectivity index (χ3n) is 3.43. The topological polar surface area (TPSA) is 29.3 Å². The molecule has 2 rings (SSSR count). The van der Waals surface area contributed by atoms with Crippen LogP contribution >= 0.6 is 11.8 Å².